The van der Waals surface area contributed by atoms with Gasteiger partial charge in [-0.25, -0.2) is 0 Å². The van der Waals surface area contributed by atoms with Crippen molar-refractivity contribution in [1.82, 2.24) is 5.32 Å². The smallest absolute Gasteiger partial charge is 0.0281 e. The fourth-order valence-corrected chi connectivity index (χ4v) is 4.04. The molecule has 1 aliphatic carbocycles. The maximum absolute atomic E-state index is 3.79. The van der Waals surface area contributed by atoms with E-state index in [1.165, 1.54) is 70.9 Å². The number of thioether (sulfide) groups is 1. The molecule has 0 heterocycles. The van der Waals surface area contributed by atoms with Crippen molar-refractivity contribution >= 4 is 11.8 Å². The molecule has 0 radical (unpaired) electrons. The van der Waals surface area contributed by atoms with E-state index < -0.39 is 0 Å². The zero-order valence-electron chi connectivity index (χ0n) is 12.8. The second kappa shape index (κ2) is 9.25. The van der Waals surface area contributed by atoms with Crippen LogP contribution in [0.15, 0.2) is 0 Å². The van der Waals surface area contributed by atoms with E-state index in [1.54, 1.807) is 0 Å². The largest absolute Gasteiger partial charge is 0.315 e. The highest BCUT2D eigenvalue weighted by molar-refractivity contribution is 8.00. The Labute approximate surface area is 119 Å². The third kappa shape index (κ3) is 5.52. The van der Waals surface area contributed by atoms with Crippen LogP contribution in [0, 0.1) is 5.92 Å². The van der Waals surface area contributed by atoms with Crippen LogP contribution in [0.5, 0.6) is 0 Å². The highest BCUT2D eigenvalue weighted by atomic mass is 32.2. The third-order valence-electron chi connectivity index (χ3n) is 4.62. The van der Waals surface area contributed by atoms with Crippen LogP contribution < -0.4 is 5.32 Å². The predicted octanol–water partition coefficient (Wildman–Crippen LogP) is 4.86. The van der Waals surface area contributed by atoms with Crippen LogP contribution in [0.1, 0.15) is 71.6 Å². The lowest BCUT2D eigenvalue weighted by Crippen LogP contribution is -2.40. The highest BCUT2D eigenvalue weighted by Crippen LogP contribution is 2.37. The zero-order valence-corrected chi connectivity index (χ0v) is 13.6. The van der Waals surface area contributed by atoms with Gasteiger partial charge in [0.15, 0.2) is 0 Å². The van der Waals surface area contributed by atoms with Crippen LogP contribution in [-0.4, -0.2) is 24.1 Å². The van der Waals surface area contributed by atoms with Gasteiger partial charge in [0.2, 0.25) is 0 Å². The minimum Gasteiger partial charge on any atom is -0.315 e. The van der Waals surface area contributed by atoms with E-state index in [4.69, 9.17) is 0 Å². The minimum atomic E-state index is 0.557. The van der Waals surface area contributed by atoms with E-state index in [0.29, 0.717) is 4.75 Å². The van der Waals surface area contributed by atoms with Gasteiger partial charge in [0, 0.05) is 11.3 Å². The Kier molecular flexibility index (Phi) is 8.41. The summed E-state index contributed by atoms with van der Waals surface area (Å²) in [6.45, 7) is 7.10. The first-order valence-electron chi connectivity index (χ1n) is 8.02. The molecule has 1 aliphatic rings. The van der Waals surface area contributed by atoms with Crippen molar-refractivity contribution < 1.29 is 0 Å². The molecule has 0 amide bonds. The summed E-state index contributed by atoms with van der Waals surface area (Å²) in [7, 11) is 0. The molecule has 18 heavy (non-hydrogen) atoms. The Morgan fingerprint density at radius 2 is 1.89 bits per heavy atom. The van der Waals surface area contributed by atoms with Crippen molar-refractivity contribution in [2.45, 2.75) is 76.4 Å². The topological polar surface area (TPSA) is 12.0 Å². The first-order valence-corrected chi connectivity index (χ1v) is 9.24. The molecule has 1 atom stereocenters. The summed E-state index contributed by atoms with van der Waals surface area (Å²) in [4.78, 5) is 0. The van der Waals surface area contributed by atoms with Gasteiger partial charge in [-0.2, -0.15) is 11.8 Å². The average molecular weight is 272 g/mol. The van der Waals surface area contributed by atoms with Crippen LogP contribution >= 0.6 is 11.8 Å². The van der Waals surface area contributed by atoms with Gasteiger partial charge in [-0.3, -0.25) is 0 Å². The lowest BCUT2D eigenvalue weighted by molar-refractivity contribution is 0.354. The second-order valence-electron chi connectivity index (χ2n) is 6.00. The average Bonchev–Trinajstić information content (AvgIpc) is 2.43. The SMILES string of the molecule is CCCCC(CC)CNCC1(SC)CCCCC1. The van der Waals surface area contributed by atoms with E-state index in [1.807, 2.05) is 0 Å². The van der Waals surface area contributed by atoms with E-state index in [9.17, 15) is 0 Å². The number of hydrogen-bond acceptors (Lipinski definition) is 2. The summed E-state index contributed by atoms with van der Waals surface area (Å²) in [5, 5.41) is 3.79. The summed E-state index contributed by atoms with van der Waals surface area (Å²) in [5.41, 5.74) is 0. The first-order chi connectivity index (χ1) is 8.76. The van der Waals surface area contributed by atoms with Gasteiger partial charge in [0.1, 0.15) is 0 Å². The number of rotatable bonds is 9. The summed E-state index contributed by atoms with van der Waals surface area (Å²) in [5.74, 6) is 0.896. The van der Waals surface area contributed by atoms with Gasteiger partial charge < -0.3 is 5.32 Å². The zero-order chi connectivity index (χ0) is 13.3. The Morgan fingerprint density at radius 1 is 1.17 bits per heavy atom. The number of unbranched alkanes of at least 4 members (excludes halogenated alkanes) is 1. The molecule has 0 aromatic rings. The summed E-state index contributed by atoms with van der Waals surface area (Å²) in [6.07, 6.45) is 15.0. The van der Waals surface area contributed by atoms with E-state index in [-0.39, 0.29) is 0 Å². The van der Waals surface area contributed by atoms with Gasteiger partial charge in [-0.05, 0) is 38.0 Å². The molecular weight excluding hydrogens is 238 g/mol. The minimum absolute atomic E-state index is 0.557. The monoisotopic (exact) mass is 271 g/mol. The molecule has 2 heteroatoms. The second-order valence-corrected chi connectivity index (χ2v) is 7.27. The van der Waals surface area contributed by atoms with Crippen molar-refractivity contribution in [3.05, 3.63) is 0 Å². The molecule has 1 saturated carbocycles. The molecule has 0 spiro atoms. The molecule has 1 unspecified atom stereocenters. The molecule has 1 fully saturated rings. The third-order valence-corrected chi connectivity index (χ3v) is 6.04. The summed E-state index contributed by atoms with van der Waals surface area (Å²) < 4.78 is 0.557. The lowest BCUT2D eigenvalue weighted by Gasteiger charge is -2.36. The van der Waals surface area contributed by atoms with Crippen molar-refractivity contribution in [2.75, 3.05) is 19.3 Å². The van der Waals surface area contributed by atoms with Crippen LogP contribution in [-0.2, 0) is 0 Å². The van der Waals surface area contributed by atoms with Crippen molar-refractivity contribution in [3.8, 4) is 0 Å². The van der Waals surface area contributed by atoms with Gasteiger partial charge in [-0.15, -0.1) is 0 Å². The predicted molar refractivity (Wildman–Crippen MR) is 85.5 cm³/mol. The van der Waals surface area contributed by atoms with Crippen LogP contribution in [0.4, 0.5) is 0 Å². The maximum atomic E-state index is 3.79. The quantitative estimate of drug-likeness (QED) is 0.643. The molecule has 1 N–H and O–H groups in total. The van der Waals surface area contributed by atoms with Gasteiger partial charge in [-0.1, -0.05) is 52.4 Å². The maximum Gasteiger partial charge on any atom is 0.0281 e. The van der Waals surface area contributed by atoms with E-state index >= 15 is 0 Å². The Balaban J connectivity index is 2.24. The van der Waals surface area contributed by atoms with Gasteiger partial charge in [0.25, 0.3) is 0 Å². The molecule has 1 rings (SSSR count). The number of hydrogen-bond donors (Lipinski definition) is 1. The Morgan fingerprint density at radius 3 is 2.44 bits per heavy atom. The molecule has 0 bridgehead atoms. The normalized spacial score (nSPS) is 20.8. The fraction of sp³-hybridized carbons (Fsp3) is 1.00. The highest BCUT2D eigenvalue weighted by Gasteiger charge is 2.30. The van der Waals surface area contributed by atoms with Crippen molar-refractivity contribution in [1.29, 1.82) is 0 Å². The van der Waals surface area contributed by atoms with Crippen LogP contribution in [0.2, 0.25) is 0 Å². The van der Waals surface area contributed by atoms with Crippen LogP contribution in [0.3, 0.4) is 0 Å². The van der Waals surface area contributed by atoms with Gasteiger partial charge in [0.05, 0.1) is 0 Å². The van der Waals surface area contributed by atoms with Crippen molar-refractivity contribution in [3.63, 3.8) is 0 Å². The molecule has 0 aliphatic heterocycles. The summed E-state index contributed by atoms with van der Waals surface area (Å²) >= 11 is 2.11. The van der Waals surface area contributed by atoms with E-state index in [0.717, 1.165) is 5.92 Å². The molecule has 0 aromatic carbocycles. The standard InChI is InChI=1S/C16H33NS/c1-4-6-10-15(5-2)13-17-14-16(18-3)11-8-7-9-12-16/h15,17H,4-14H2,1-3H3. The number of nitrogens with one attached hydrogen (secondary N) is 1. The van der Waals surface area contributed by atoms with Crippen LogP contribution in [0.25, 0.3) is 0 Å². The Hall–Kier alpha value is 0.310. The fourth-order valence-electron chi connectivity index (χ4n) is 3.10. The molecule has 108 valence electrons. The Bertz CT molecular complexity index is 199. The molecule has 0 aromatic heterocycles. The first kappa shape index (κ1) is 16.4. The summed E-state index contributed by atoms with van der Waals surface area (Å²) in [6, 6.07) is 0. The van der Waals surface area contributed by atoms with E-state index in [2.05, 4.69) is 37.2 Å². The lowest BCUT2D eigenvalue weighted by atomic mass is 9.88. The molecule has 1 nitrogen and oxygen atoms in total. The van der Waals surface area contributed by atoms with Gasteiger partial charge >= 0.3 is 0 Å². The molecular formula is C16H33NS. The van der Waals surface area contributed by atoms with Crippen molar-refractivity contribution in [2.24, 2.45) is 5.92 Å². The molecule has 0 saturated heterocycles.